The molecule has 0 aliphatic carbocycles. The highest BCUT2D eigenvalue weighted by Gasteiger charge is 2.13. The smallest absolute Gasteiger partial charge is 0.160 e. The molecular formula is C13H19N5. The first kappa shape index (κ1) is 11.6. The van der Waals surface area contributed by atoms with E-state index in [1.165, 1.54) is 25.9 Å². The molecule has 2 aromatic heterocycles. The Kier molecular flexibility index (Phi) is 3.25. The van der Waals surface area contributed by atoms with Crippen LogP contribution in [-0.4, -0.2) is 39.1 Å². The van der Waals surface area contributed by atoms with Gasteiger partial charge in [-0.1, -0.05) is 6.07 Å². The number of aromatic nitrogens is 3. The van der Waals surface area contributed by atoms with Gasteiger partial charge in [0.1, 0.15) is 5.82 Å². The number of hydrogen-bond donors (Lipinski definition) is 1. The summed E-state index contributed by atoms with van der Waals surface area (Å²) >= 11 is 0. The minimum atomic E-state index is 0.555. The predicted octanol–water partition coefficient (Wildman–Crippen LogP) is 0.826. The van der Waals surface area contributed by atoms with Gasteiger partial charge in [-0.05, 0) is 37.6 Å². The first-order chi connectivity index (χ1) is 8.86. The number of rotatable bonds is 4. The average molecular weight is 245 g/mol. The topological polar surface area (TPSA) is 59.5 Å². The Morgan fingerprint density at radius 1 is 1.17 bits per heavy atom. The molecule has 0 atom stereocenters. The van der Waals surface area contributed by atoms with E-state index >= 15 is 0 Å². The van der Waals surface area contributed by atoms with Gasteiger partial charge in [0.25, 0.3) is 0 Å². The molecular weight excluding hydrogens is 226 g/mol. The number of likely N-dealkylation sites (tertiary alicyclic amines) is 1. The van der Waals surface area contributed by atoms with Crippen LogP contribution in [0.3, 0.4) is 0 Å². The molecule has 96 valence electrons. The SMILES string of the molecule is NCc1ccc2nnc(CCN3CCCC3)n2c1. The lowest BCUT2D eigenvalue weighted by Crippen LogP contribution is -2.22. The maximum Gasteiger partial charge on any atom is 0.160 e. The fourth-order valence-electron chi connectivity index (χ4n) is 2.54. The molecule has 0 amide bonds. The number of nitrogens with two attached hydrogens (primary N) is 1. The molecule has 0 bridgehead atoms. The Morgan fingerprint density at radius 2 is 2.00 bits per heavy atom. The normalized spacial score (nSPS) is 16.7. The second-order valence-corrected chi connectivity index (χ2v) is 4.88. The van der Waals surface area contributed by atoms with E-state index in [0.29, 0.717) is 6.54 Å². The molecule has 1 aliphatic heterocycles. The lowest BCUT2D eigenvalue weighted by Gasteiger charge is -2.13. The lowest BCUT2D eigenvalue weighted by atomic mass is 10.3. The fraction of sp³-hybridized carbons (Fsp3) is 0.538. The van der Waals surface area contributed by atoms with E-state index < -0.39 is 0 Å². The molecule has 0 aromatic carbocycles. The quantitative estimate of drug-likeness (QED) is 0.866. The van der Waals surface area contributed by atoms with Gasteiger partial charge in [0.05, 0.1) is 0 Å². The molecule has 5 heteroatoms. The van der Waals surface area contributed by atoms with Crippen molar-refractivity contribution in [2.24, 2.45) is 5.73 Å². The maximum atomic E-state index is 5.67. The monoisotopic (exact) mass is 245 g/mol. The van der Waals surface area contributed by atoms with Crippen molar-refractivity contribution in [1.29, 1.82) is 0 Å². The van der Waals surface area contributed by atoms with Gasteiger partial charge in [-0.15, -0.1) is 10.2 Å². The Bertz CT molecular complexity index is 527. The van der Waals surface area contributed by atoms with E-state index in [1.54, 1.807) is 0 Å². The number of pyridine rings is 1. The van der Waals surface area contributed by atoms with Crippen molar-refractivity contribution in [3.05, 3.63) is 29.7 Å². The van der Waals surface area contributed by atoms with Crippen LogP contribution < -0.4 is 5.73 Å². The zero-order chi connectivity index (χ0) is 12.4. The average Bonchev–Trinajstić information content (AvgIpc) is 3.05. The van der Waals surface area contributed by atoms with Crippen LogP contribution in [0.25, 0.3) is 5.65 Å². The Labute approximate surface area is 107 Å². The molecule has 0 unspecified atom stereocenters. The molecule has 5 nitrogen and oxygen atoms in total. The summed E-state index contributed by atoms with van der Waals surface area (Å²) in [4.78, 5) is 2.49. The first-order valence-corrected chi connectivity index (χ1v) is 6.62. The minimum absolute atomic E-state index is 0.555. The summed E-state index contributed by atoms with van der Waals surface area (Å²) in [7, 11) is 0. The van der Waals surface area contributed by atoms with Gasteiger partial charge >= 0.3 is 0 Å². The second kappa shape index (κ2) is 5.04. The highest BCUT2D eigenvalue weighted by Crippen LogP contribution is 2.10. The van der Waals surface area contributed by atoms with Crippen molar-refractivity contribution in [3.63, 3.8) is 0 Å². The molecule has 2 N–H and O–H groups in total. The minimum Gasteiger partial charge on any atom is -0.326 e. The Morgan fingerprint density at radius 3 is 2.78 bits per heavy atom. The summed E-state index contributed by atoms with van der Waals surface area (Å²) in [5, 5.41) is 8.47. The molecule has 1 fully saturated rings. The largest absolute Gasteiger partial charge is 0.326 e. The molecule has 1 aliphatic rings. The number of fused-ring (bicyclic) bond motifs is 1. The highest BCUT2D eigenvalue weighted by molar-refractivity contribution is 5.39. The van der Waals surface area contributed by atoms with Gasteiger partial charge in [0.2, 0.25) is 0 Å². The zero-order valence-electron chi connectivity index (χ0n) is 10.5. The van der Waals surface area contributed by atoms with Crippen molar-refractivity contribution >= 4 is 5.65 Å². The van der Waals surface area contributed by atoms with E-state index in [-0.39, 0.29) is 0 Å². The number of nitrogens with zero attached hydrogens (tertiary/aromatic N) is 4. The van der Waals surface area contributed by atoms with E-state index in [1.807, 2.05) is 12.1 Å². The summed E-state index contributed by atoms with van der Waals surface area (Å²) in [6, 6.07) is 3.99. The van der Waals surface area contributed by atoms with Gasteiger partial charge in [-0.2, -0.15) is 0 Å². The summed E-state index contributed by atoms with van der Waals surface area (Å²) in [5.41, 5.74) is 7.69. The molecule has 3 heterocycles. The Balaban J connectivity index is 1.78. The van der Waals surface area contributed by atoms with E-state index in [0.717, 1.165) is 30.0 Å². The molecule has 18 heavy (non-hydrogen) atoms. The molecule has 2 aromatic rings. The van der Waals surface area contributed by atoms with E-state index in [4.69, 9.17) is 5.73 Å². The summed E-state index contributed by atoms with van der Waals surface area (Å²) < 4.78 is 2.07. The zero-order valence-corrected chi connectivity index (χ0v) is 10.5. The first-order valence-electron chi connectivity index (χ1n) is 6.62. The van der Waals surface area contributed by atoms with Crippen LogP contribution in [0.5, 0.6) is 0 Å². The summed E-state index contributed by atoms with van der Waals surface area (Å²) in [5.74, 6) is 1.03. The summed E-state index contributed by atoms with van der Waals surface area (Å²) in [6.45, 7) is 4.09. The third-order valence-electron chi connectivity index (χ3n) is 3.62. The van der Waals surface area contributed by atoms with E-state index in [9.17, 15) is 0 Å². The molecule has 1 saturated heterocycles. The highest BCUT2D eigenvalue weighted by atomic mass is 15.2. The van der Waals surface area contributed by atoms with Crippen LogP contribution in [0.4, 0.5) is 0 Å². The molecule has 0 saturated carbocycles. The standard InChI is InChI=1S/C13H19N5/c14-9-11-3-4-12-15-16-13(18(12)10-11)5-8-17-6-1-2-7-17/h3-4,10H,1-2,5-9,14H2. The van der Waals surface area contributed by atoms with Gasteiger partial charge < -0.3 is 10.6 Å². The number of hydrogen-bond acceptors (Lipinski definition) is 4. The molecule has 3 rings (SSSR count). The van der Waals surface area contributed by atoms with Crippen molar-refractivity contribution in [2.75, 3.05) is 19.6 Å². The molecule has 0 spiro atoms. The van der Waals surface area contributed by atoms with Crippen LogP contribution >= 0.6 is 0 Å². The van der Waals surface area contributed by atoms with Crippen LogP contribution in [-0.2, 0) is 13.0 Å². The van der Waals surface area contributed by atoms with E-state index in [2.05, 4.69) is 25.7 Å². The third kappa shape index (κ3) is 2.23. The van der Waals surface area contributed by atoms with Gasteiger partial charge in [-0.25, -0.2) is 0 Å². The van der Waals surface area contributed by atoms with Crippen molar-refractivity contribution in [3.8, 4) is 0 Å². The van der Waals surface area contributed by atoms with Crippen molar-refractivity contribution in [2.45, 2.75) is 25.8 Å². The third-order valence-corrected chi connectivity index (χ3v) is 3.62. The van der Waals surface area contributed by atoms with Crippen LogP contribution in [0, 0.1) is 0 Å². The van der Waals surface area contributed by atoms with Crippen LogP contribution in [0.1, 0.15) is 24.2 Å². The summed E-state index contributed by atoms with van der Waals surface area (Å²) in [6.07, 6.45) is 5.67. The van der Waals surface area contributed by atoms with Crippen molar-refractivity contribution < 1.29 is 0 Å². The Hall–Kier alpha value is -1.46. The predicted molar refractivity (Wildman–Crippen MR) is 70.3 cm³/mol. The molecule has 0 radical (unpaired) electrons. The fourth-order valence-corrected chi connectivity index (χ4v) is 2.54. The van der Waals surface area contributed by atoms with Gasteiger partial charge in [0.15, 0.2) is 5.65 Å². The van der Waals surface area contributed by atoms with Gasteiger partial charge in [0, 0.05) is 25.7 Å². The van der Waals surface area contributed by atoms with Gasteiger partial charge in [-0.3, -0.25) is 4.40 Å². The maximum absolute atomic E-state index is 5.67. The van der Waals surface area contributed by atoms with Crippen molar-refractivity contribution in [1.82, 2.24) is 19.5 Å². The lowest BCUT2D eigenvalue weighted by molar-refractivity contribution is 0.340. The van der Waals surface area contributed by atoms with Crippen LogP contribution in [0.15, 0.2) is 18.3 Å². The van der Waals surface area contributed by atoms with Crippen LogP contribution in [0.2, 0.25) is 0 Å². The second-order valence-electron chi connectivity index (χ2n) is 4.88.